The van der Waals surface area contributed by atoms with Gasteiger partial charge in [-0.25, -0.2) is 0 Å². The Morgan fingerprint density at radius 2 is 2.31 bits per heavy atom. The predicted octanol–water partition coefficient (Wildman–Crippen LogP) is 1.84. The summed E-state index contributed by atoms with van der Waals surface area (Å²) in [4.78, 5) is 6.29. The topological polar surface area (TPSA) is 36.4 Å². The molecular weight excluding hydrogens is 200 g/mol. The average molecular weight is 220 g/mol. The molecule has 16 heavy (non-hydrogen) atoms. The fourth-order valence-corrected chi connectivity index (χ4v) is 1.44. The Labute approximate surface area is 97.4 Å². The van der Waals surface area contributed by atoms with E-state index in [0.717, 1.165) is 13.1 Å². The molecule has 0 saturated heterocycles. The Kier molecular flexibility index (Phi) is 5.75. The molecule has 0 saturated carbocycles. The summed E-state index contributed by atoms with van der Waals surface area (Å²) in [5.74, 6) is 0. The molecule has 1 aromatic rings. The molecule has 0 aliphatic rings. The van der Waals surface area contributed by atoms with Crippen LogP contribution in [0.15, 0.2) is 36.2 Å². The minimum atomic E-state index is 0.191. The van der Waals surface area contributed by atoms with Crippen LogP contribution in [0.3, 0.4) is 0 Å². The van der Waals surface area contributed by atoms with Crippen molar-refractivity contribution in [2.45, 2.75) is 20.4 Å². The van der Waals surface area contributed by atoms with Gasteiger partial charge in [-0.2, -0.15) is 0 Å². The Morgan fingerprint density at radius 1 is 1.50 bits per heavy atom. The molecule has 3 heteroatoms. The van der Waals surface area contributed by atoms with E-state index in [-0.39, 0.29) is 6.61 Å². The van der Waals surface area contributed by atoms with E-state index < -0.39 is 0 Å². The van der Waals surface area contributed by atoms with Crippen molar-refractivity contribution in [3.8, 4) is 0 Å². The van der Waals surface area contributed by atoms with Crippen molar-refractivity contribution in [2.24, 2.45) is 0 Å². The summed E-state index contributed by atoms with van der Waals surface area (Å²) in [5.41, 5.74) is 2.48. The molecule has 0 atom stereocenters. The largest absolute Gasteiger partial charge is 0.395 e. The highest BCUT2D eigenvalue weighted by Crippen LogP contribution is 2.03. The molecule has 1 N–H and O–H groups in total. The predicted molar refractivity (Wildman–Crippen MR) is 66.0 cm³/mol. The second-order valence-electron chi connectivity index (χ2n) is 4.10. The summed E-state index contributed by atoms with van der Waals surface area (Å²) < 4.78 is 0. The summed E-state index contributed by atoms with van der Waals surface area (Å²) in [5, 5.41) is 9.00. The molecule has 0 bridgehead atoms. The summed E-state index contributed by atoms with van der Waals surface area (Å²) in [7, 11) is 0. The highest BCUT2D eigenvalue weighted by atomic mass is 16.3. The molecule has 1 heterocycles. The van der Waals surface area contributed by atoms with Gasteiger partial charge in [0.05, 0.1) is 6.61 Å². The van der Waals surface area contributed by atoms with Gasteiger partial charge in [-0.3, -0.25) is 9.88 Å². The highest BCUT2D eigenvalue weighted by Gasteiger charge is 2.03. The van der Waals surface area contributed by atoms with Crippen LogP contribution < -0.4 is 0 Å². The van der Waals surface area contributed by atoms with Crippen molar-refractivity contribution in [1.82, 2.24) is 9.88 Å². The van der Waals surface area contributed by atoms with Crippen molar-refractivity contribution in [1.29, 1.82) is 0 Å². The lowest BCUT2D eigenvalue weighted by atomic mass is 10.2. The summed E-state index contributed by atoms with van der Waals surface area (Å²) in [6, 6.07) is 3.99. The number of allylic oxidation sites excluding steroid dienone is 1. The number of nitrogens with zero attached hydrogens (tertiary/aromatic N) is 2. The van der Waals surface area contributed by atoms with E-state index in [4.69, 9.17) is 5.11 Å². The molecule has 0 amide bonds. The minimum absolute atomic E-state index is 0.191. The van der Waals surface area contributed by atoms with Gasteiger partial charge in [-0.05, 0) is 25.5 Å². The number of aromatic nitrogens is 1. The van der Waals surface area contributed by atoms with E-state index in [0.29, 0.717) is 6.54 Å². The third kappa shape index (κ3) is 5.05. The normalized spacial score (nSPS) is 10.5. The molecule has 3 nitrogen and oxygen atoms in total. The van der Waals surface area contributed by atoms with Crippen LogP contribution in [0.4, 0.5) is 0 Å². The van der Waals surface area contributed by atoms with Crippen LogP contribution in [0, 0.1) is 0 Å². The van der Waals surface area contributed by atoms with Crippen molar-refractivity contribution in [2.75, 3.05) is 19.7 Å². The fraction of sp³-hybridized carbons (Fsp3) is 0.462. The van der Waals surface area contributed by atoms with Crippen molar-refractivity contribution < 1.29 is 5.11 Å². The van der Waals surface area contributed by atoms with Crippen LogP contribution in [-0.4, -0.2) is 34.7 Å². The van der Waals surface area contributed by atoms with Crippen LogP contribution in [-0.2, 0) is 6.54 Å². The first-order valence-corrected chi connectivity index (χ1v) is 5.58. The first-order chi connectivity index (χ1) is 7.72. The van der Waals surface area contributed by atoms with Crippen LogP contribution in [0.25, 0.3) is 0 Å². The lowest BCUT2D eigenvalue weighted by Crippen LogP contribution is -2.26. The van der Waals surface area contributed by atoms with Crippen LogP contribution in [0.5, 0.6) is 0 Å². The zero-order valence-corrected chi connectivity index (χ0v) is 10.1. The van der Waals surface area contributed by atoms with Gasteiger partial charge in [-0.15, -0.1) is 0 Å². The Bertz CT molecular complexity index is 318. The zero-order chi connectivity index (χ0) is 11.8. The summed E-state index contributed by atoms with van der Waals surface area (Å²) >= 11 is 0. The molecule has 0 radical (unpaired) electrons. The van der Waals surface area contributed by atoms with Gasteiger partial charge in [0.15, 0.2) is 0 Å². The number of aliphatic hydroxyl groups excluding tert-OH is 1. The molecule has 0 aliphatic carbocycles. The standard InChI is InChI=1S/C13H20N2O/c1-12(2)5-7-15(8-9-16)11-13-4-3-6-14-10-13/h3-6,10,16H,7-9,11H2,1-2H3. The van der Waals surface area contributed by atoms with Crippen molar-refractivity contribution >= 4 is 0 Å². The fourth-order valence-electron chi connectivity index (χ4n) is 1.44. The number of hydrogen-bond donors (Lipinski definition) is 1. The van der Waals surface area contributed by atoms with Gasteiger partial charge in [0, 0.05) is 32.0 Å². The van der Waals surface area contributed by atoms with Crippen LogP contribution in [0.1, 0.15) is 19.4 Å². The van der Waals surface area contributed by atoms with Gasteiger partial charge < -0.3 is 5.11 Å². The van der Waals surface area contributed by atoms with Gasteiger partial charge in [-0.1, -0.05) is 17.7 Å². The molecule has 0 spiro atoms. The summed E-state index contributed by atoms with van der Waals surface area (Å²) in [6.07, 6.45) is 5.81. The maximum atomic E-state index is 9.00. The molecular formula is C13H20N2O. The Balaban J connectivity index is 2.54. The average Bonchev–Trinajstić information content (AvgIpc) is 2.27. The second kappa shape index (κ2) is 7.14. The van der Waals surface area contributed by atoms with E-state index in [1.165, 1.54) is 11.1 Å². The number of hydrogen-bond acceptors (Lipinski definition) is 3. The minimum Gasteiger partial charge on any atom is -0.395 e. The number of aliphatic hydroxyl groups is 1. The van der Waals surface area contributed by atoms with Gasteiger partial charge in [0.1, 0.15) is 0 Å². The third-order valence-corrected chi connectivity index (χ3v) is 2.30. The lowest BCUT2D eigenvalue weighted by Gasteiger charge is -2.19. The molecule has 1 rings (SSSR count). The van der Waals surface area contributed by atoms with E-state index in [1.54, 1.807) is 6.20 Å². The van der Waals surface area contributed by atoms with Gasteiger partial charge >= 0.3 is 0 Å². The quantitative estimate of drug-likeness (QED) is 0.743. The van der Waals surface area contributed by atoms with Crippen LogP contribution in [0.2, 0.25) is 0 Å². The second-order valence-corrected chi connectivity index (χ2v) is 4.10. The van der Waals surface area contributed by atoms with Gasteiger partial charge in [0.25, 0.3) is 0 Å². The van der Waals surface area contributed by atoms with E-state index in [2.05, 4.69) is 35.9 Å². The maximum absolute atomic E-state index is 9.00. The van der Waals surface area contributed by atoms with Crippen molar-refractivity contribution in [3.63, 3.8) is 0 Å². The van der Waals surface area contributed by atoms with Crippen molar-refractivity contribution in [3.05, 3.63) is 41.7 Å². The first kappa shape index (κ1) is 12.9. The molecule has 1 aromatic heterocycles. The highest BCUT2D eigenvalue weighted by molar-refractivity contribution is 5.08. The smallest absolute Gasteiger partial charge is 0.0558 e. The Morgan fingerprint density at radius 3 is 2.88 bits per heavy atom. The summed E-state index contributed by atoms with van der Waals surface area (Å²) in [6.45, 7) is 6.76. The molecule has 0 unspecified atom stereocenters. The Hall–Kier alpha value is -1.19. The maximum Gasteiger partial charge on any atom is 0.0558 e. The van der Waals surface area contributed by atoms with Gasteiger partial charge in [0.2, 0.25) is 0 Å². The zero-order valence-electron chi connectivity index (χ0n) is 10.1. The van der Waals surface area contributed by atoms with E-state index in [1.807, 2.05) is 12.3 Å². The molecule has 88 valence electrons. The van der Waals surface area contributed by atoms with E-state index in [9.17, 15) is 0 Å². The SMILES string of the molecule is CC(C)=CCN(CCO)Cc1cccnc1. The van der Waals surface area contributed by atoms with Crippen LogP contribution >= 0.6 is 0 Å². The number of rotatable bonds is 6. The monoisotopic (exact) mass is 220 g/mol. The molecule has 0 aromatic carbocycles. The first-order valence-electron chi connectivity index (χ1n) is 5.58. The molecule has 0 aliphatic heterocycles. The number of pyridine rings is 1. The lowest BCUT2D eigenvalue weighted by molar-refractivity contribution is 0.203. The molecule has 0 fully saturated rings. The third-order valence-electron chi connectivity index (χ3n) is 2.30. The van der Waals surface area contributed by atoms with E-state index >= 15 is 0 Å².